The molecule has 0 aromatic heterocycles. The van der Waals surface area contributed by atoms with Gasteiger partial charge in [-0.25, -0.2) is 13.1 Å². The smallest absolute Gasteiger partial charge is 0.255 e. The Hall–Kier alpha value is -2.03. The Morgan fingerprint density at radius 1 is 1.06 bits per heavy atom. The number of rotatable bonds is 9. The molecule has 2 aromatic rings. The molecule has 1 saturated heterocycles. The summed E-state index contributed by atoms with van der Waals surface area (Å²) in [5, 5.41) is 0. The molecule has 6 nitrogen and oxygen atoms in total. The van der Waals surface area contributed by atoms with Crippen molar-refractivity contribution in [3.8, 4) is 0 Å². The van der Waals surface area contributed by atoms with Crippen LogP contribution in [0.15, 0.2) is 52.3 Å². The molecule has 1 fully saturated rings. The minimum atomic E-state index is -3.74. The molecule has 168 valence electrons. The van der Waals surface area contributed by atoms with Crippen molar-refractivity contribution < 1.29 is 13.2 Å². The second-order valence-electron chi connectivity index (χ2n) is 7.52. The zero-order valence-corrected chi connectivity index (χ0v) is 20.1. The van der Waals surface area contributed by atoms with Gasteiger partial charge >= 0.3 is 0 Å². The molecule has 0 radical (unpaired) electrons. The highest BCUT2D eigenvalue weighted by Crippen LogP contribution is 2.26. The van der Waals surface area contributed by atoms with E-state index in [1.807, 2.05) is 30.5 Å². The van der Waals surface area contributed by atoms with Gasteiger partial charge in [-0.3, -0.25) is 4.79 Å². The van der Waals surface area contributed by atoms with Gasteiger partial charge in [0.1, 0.15) is 0 Å². The van der Waals surface area contributed by atoms with Crippen LogP contribution in [0.4, 0.5) is 5.69 Å². The first-order chi connectivity index (χ1) is 14.9. The molecule has 0 unspecified atom stereocenters. The molecule has 1 amide bonds. The molecule has 0 bridgehead atoms. The van der Waals surface area contributed by atoms with Gasteiger partial charge in [0.2, 0.25) is 10.0 Å². The van der Waals surface area contributed by atoms with Crippen LogP contribution in [0.3, 0.4) is 0 Å². The van der Waals surface area contributed by atoms with Crippen molar-refractivity contribution in [2.24, 2.45) is 0 Å². The van der Waals surface area contributed by atoms with Crippen LogP contribution in [0.1, 0.15) is 42.6 Å². The lowest BCUT2D eigenvalue weighted by Gasteiger charge is -2.21. The third-order valence-corrected chi connectivity index (χ3v) is 7.83. The summed E-state index contributed by atoms with van der Waals surface area (Å²) in [4.78, 5) is 17.9. The van der Waals surface area contributed by atoms with E-state index < -0.39 is 10.0 Å². The minimum absolute atomic E-state index is 0.0918. The summed E-state index contributed by atoms with van der Waals surface area (Å²) in [6.45, 7) is 7.71. The number of hydrogen-bond donors (Lipinski definition) is 1. The lowest BCUT2D eigenvalue weighted by Crippen LogP contribution is -2.29. The maximum Gasteiger partial charge on any atom is 0.255 e. The number of nitrogens with one attached hydrogen (secondary N) is 1. The van der Waals surface area contributed by atoms with Crippen LogP contribution in [-0.4, -0.2) is 51.7 Å². The zero-order chi connectivity index (χ0) is 22.4. The van der Waals surface area contributed by atoms with E-state index in [0.717, 1.165) is 55.2 Å². The monoisotopic (exact) mass is 461 g/mol. The predicted molar refractivity (Wildman–Crippen MR) is 127 cm³/mol. The molecule has 0 saturated carbocycles. The summed E-state index contributed by atoms with van der Waals surface area (Å²) >= 11 is 1.45. The molecule has 2 aromatic carbocycles. The lowest BCUT2D eigenvalue weighted by molar-refractivity contribution is 0.0789. The quantitative estimate of drug-likeness (QED) is 0.572. The molecule has 3 rings (SSSR count). The van der Waals surface area contributed by atoms with Gasteiger partial charge in [-0.2, -0.15) is 0 Å². The van der Waals surface area contributed by atoms with E-state index in [9.17, 15) is 13.2 Å². The SMILES string of the molecule is CCN(CC)c1ccc(CNS(=O)(=O)c2ccc(SC)c(C(=O)N3CCCC3)c2)cc1. The maximum absolute atomic E-state index is 12.9. The van der Waals surface area contributed by atoms with E-state index >= 15 is 0 Å². The Balaban J connectivity index is 1.75. The number of carbonyl (C=O) groups is 1. The number of hydrogen-bond acceptors (Lipinski definition) is 5. The lowest BCUT2D eigenvalue weighted by atomic mass is 10.2. The first-order valence-electron chi connectivity index (χ1n) is 10.7. The normalized spacial score (nSPS) is 14.1. The maximum atomic E-state index is 12.9. The molecule has 0 aliphatic carbocycles. The molecular weight excluding hydrogens is 430 g/mol. The van der Waals surface area contributed by atoms with E-state index in [-0.39, 0.29) is 17.3 Å². The third-order valence-electron chi connectivity index (χ3n) is 5.64. The highest BCUT2D eigenvalue weighted by atomic mass is 32.2. The number of anilines is 1. The molecule has 31 heavy (non-hydrogen) atoms. The van der Waals surface area contributed by atoms with Crippen LogP contribution in [0.2, 0.25) is 0 Å². The van der Waals surface area contributed by atoms with Crippen LogP contribution in [-0.2, 0) is 16.6 Å². The molecule has 1 aliphatic rings. The van der Waals surface area contributed by atoms with Gasteiger partial charge in [-0.1, -0.05) is 12.1 Å². The summed E-state index contributed by atoms with van der Waals surface area (Å²) in [5.41, 5.74) is 2.46. The Morgan fingerprint density at radius 2 is 1.71 bits per heavy atom. The topological polar surface area (TPSA) is 69.7 Å². The van der Waals surface area contributed by atoms with Crippen molar-refractivity contribution in [1.29, 1.82) is 0 Å². The first kappa shape index (κ1) is 23.6. The average Bonchev–Trinajstić information content (AvgIpc) is 3.33. The van der Waals surface area contributed by atoms with Gasteiger partial charge in [-0.05, 0) is 68.8 Å². The van der Waals surface area contributed by atoms with Gasteiger partial charge in [0.05, 0.1) is 10.5 Å². The molecule has 1 N–H and O–H groups in total. The highest BCUT2D eigenvalue weighted by molar-refractivity contribution is 7.98. The third kappa shape index (κ3) is 5.61. The second-order valence-corrected chi connectivity index (χ2v) is 10.1. The first-order valence-corrected chi connectivity index (χ1v) is 13.4. The van der Waals surface area contributed by atoms with Crippen LogP contribution >= 0.6 is 11.8 Å². The fraction of sp³-hybridized carbons (Fsp3) is 0.435. The Morgan fingerprint density at radius 3 is 2.29 bits per heavy atom. The molecule has 8 heteroatoms. The molecule has 1 heterocycles. The van der Waals surface area contributed by atoms with Gasteiger partial charge < -0.3 is 9.80 Å². The fourth-order valence-electron chi connectivity index (χ4n) is 3.79. The van der Waals surface area contributed by atoms with Crippen molar-refractivity contribution in [2.75, 3.05) is 37.3 Å². The Labute approximate surface area is 190 Å². The Bertz CT molecular complexity index is 997. The molecule has 1 aliphatic heterocycles. The fourth-order valence-corrected chi connectivity index (χ4v) is 5.40. The van der Waals surface area contributed by atoms with Crippen molar-refractivity contribution in [3.63, 3.8) is 0 Å². The summed E-state index contributed by atoms with van der Waals surface area (Å²) in [6.07, 6.45) is 3.88. The van der Waals surface area contributed by atoms with Gasteiger partial charge in [0.15, 0.2) is 0 Å². The largest absolute Gasteiger partial charge is 0.372 e. The molecule has 0 spiro atoms. The van der Waals surface area contributed by atoms with Crippen LogP contribution in [0.25, 0.3) is 0 Å². The van der Waals surface area contributed by atoms with Crippen LogP contribution < -0.4 is 9.62 Å². The number of benzene rings is 2. The zero-order valence-electron chi connectivity index (χ0n) is 18.4. The number of thioether (sulfide) groups is 1. The summed E-state index contributed by atoms with van der Waals surface area (Å²) in [7, 11) is -3.74. The number of nitrogens with zero attached hydrogens (tertiary/aromatic N) is 2. The Kier molecular flexibility index (Phi) is 8.02. The summed E-state index contributed by atoms with van der Waals surface area (Å²) < 4.78 is 28.5. The number of carbonyl (C=O) groups excluding carboxylic acids is 1. The van der Waals surface area contributed by atoms with Crippen LogP contribution in [0, 0.1) is 0 Å². The van der Waals surface area contributed by atoms with Crippen molar-refractivity contribution in [2.45, 2.75) is 43.0 Å². The highest BCUT2D eigenvalue weighted by Gasteiger charge is 2.24. The van der Waals surface area contributed by atoms with Gasteiger partial charge in [-0.15, -0.1) is 11.8 Å². The molecule has 0 atom stereocenters. The second kappa shape index (κ2) is 10.5. The van der Waals surface area contributed by atoms with Crippen molar-refractivity contribution >= 4 is 33.4 Å². The van der Waals surface area contributed by atoms with Gasteiger partial charge in [0.25, 0.3) is 5.91 Å². The standard InChI is InChI=1S/C23H31N3O3S2/c1-4-25(5-2)19-10-8-18(9-11-19)17-24-31(28,29)20-12-13-22(30-3)21(16-20)23(27)26-14-6-7-15-26/h8-13,16,24H,4-7,14-15,17H2,1-3H3. The van der Waals surface area contributed by atoms with Crippen LogP contribution in [0.5, 0.6) is 0 Å². The number of likely N-dealkylation sites (tertiary alicyclic amines) is 1. The average molecular weight is 462 g/mol. The summed E-state index contributed by atoms with van der Waals surface area (Å²) in [6, 6.07) is 12.7. The van der Waals surface area contributed by atoms with E-state index in [2.05, 4.69) is 23.5 Å². The molecular formula is C23H31N3O3S2. The number of amides is 1. The van der Waals surface area contributed by atoms with E-state index in [1.54, 1.807) is 17.0 Å². The van der Waals surface area contributed by atoms with Crippen molar-refractivity contribution in [3.05, 3.63) is 53.6 Å². The number of sulfonamides is 1. The predicted octanol–water partition coefficient (Wildman–Crippen LogP) is 3.97. The van der Waals surface area contributed by atoms with E-state index in [4.69, 9.17) is 0 Å². The van der Waals surface area contributed by atoms with Gasteiger partial charge in [0, 0.05) is 43.3 Å². The van der Waals surface area contributed by atoms with E-state index in [0.29, 0.717) is 5.56 Å². The minimum Gasteiger partial charge on any atom is -0.372 e. The summed E-state index contributed by atoms with van der Waals surface area (Å²) in [5.74, 6) is -0.0918. The van der Waals surface area contributed by atoms with E-state index in [1.165, 1.54) is 17.8 Å². The van der Waals surface area contributed by atoms with Crippen molar-refractivity contribution in [1.82, 2.24) is 9.62 Å².